The van der Waals surface area contributed by atoms with E-state index in [4.69, 9.17) is 0 Å². The number of hydrogen-bond donors (Lipinski definition) is 2. The summed E-state index contributed by atoms with van der Waals surface area (Å²) >= 11 is 0. The summed E-state index contributed by atoms with van der Waals surface area (Å²) in [5.74, 6) is 0.677. The van der Waals surface area contributed by atoms with Gasteiger partial charge < -0.3 is 15.2 Å². The van der Waals surface area contributed by atoms with Crippen molar-refractivity contribution in [1.29, 1.82) is 0 Å². The van der Waals surface area contributed by atoms with Gasteiger partial charge in [0.1, 0.15) is 5.56 Å². The second-order valence-electron chi connectivity index (χ2n) is 7.24. The molecule has 0 unspecified atom stereocenters. The van der Waals surface area contributed by atoms with Gasteiger partial charge in [-0.15, -0.1) is 0 Å². The summed E-state index contributed by atoms with van der Waals surface area (Å²) < 4.78 is 0. The lowest BCUT2D eigenvalue weighted by Crippen LogP contribution is -2.37. The van der Waals surface area contributed by atoms with Crippen molar-refractivity contribution in [2.24, 2.45) is 11.8 Å². The number of amides is 1. The Morgan fingerprint density at radius 1 is 1.20 bits per heavy atom. The van der Waals surface area contributed by atoms with Crippen molar-refractivity contribution in [2.45, 2.75) is 19.9 Å². The third-order valence-electron chi connectivity index (χ3n) is 5.62. The van der Waals surface area contributed by atoms with Crippen molar-refractivity contribution < 1.29 is 4.79 Å². The first kappa shape index (κ1) is 16.1. The third kappa shape index (κ3) is 2.68. The number of benzene rings is 1. The van der Waals surface area contributed by atoms with Crippen LogP contribution in [0.2, 0.25) is 0 Å². The number of likely N-dealkylation sites (tertiary alicyclic amines) is 1. The number of carbonyl (C=O) groups is 1. The number of nitrogens with zero attached hydrogens (tertiary/aromatic N) is 1. The molecule has 2 fully saturated rings. The Balaban J connectivity index is 1.75. The van der Waals surface area contributed by atoms with Gasteiger partial charge in [-0.3, -0.25) is 9.59 Å². The molecule has 0 spiro atoms. The monoisotopic (exact) mass is 337 g/mol. The predicted octanol–water partition coefficient (Wildman–Crippen LogP) is 2.02. The average Bonchev–Trinajstić information content (AvgIpc) is 3.16. The number of H-pyrrole nitrogens is 1. The molecule has 25 heavy (non-hydrogen) atoms. The highest BCUT2D eigenvalue weighted by Gasteiger charge is 2.47. The first-order chi connectivity index (χ1) is 12.1. The molecular formula is C20H23N3O2. The van der Waals surface area contributed by atoms with Gasteiger partial charge in [-0.1, -0.05) is 24.3 Å². The van der Waals surface area contributed by atoms with Gasteiger partial charge >= 0.3 is 0 Å². The summed E-state index contributed by atoms with van der Waals surface area (Å²) in [4.78, 5) is 30.4. The second-order valence-corrected chi connectivity index (χ2v) is 7.24. The molecular weight excluding hydrogens is 314 g/mol. The summed E-state index contributed by atoms with van der Waals surface area (Å²) in [5.41, 5.74) is 3.17. The minimum absolute atomic E-state index is 0.0226. The largest absolute Gasteiger partial charge is 0.364 e. The van der Waals surface area contributed by atoms with E-state index in [2.05, 4.69) is 29.4 Å². The molecule has 0 bridgehead atoms. The molecule has 5 heteroatoms. The topological polar surface area (TPSA) is 65.2 Å². The number of pyridine rings is 1. The van der Waals surface area contributed by atoms with E-state index in [0.29, 0.717) is 18.4 Å². The van der Waals surface area contributed by atoms with Crippen LogP contribution >= 0.6 is 0 Å². The van der Waals surface area contributed by atoms with Crippen molar-refractivity contribution in [3.63, 3.8) is 0 Å². The minimum Gasteiger partial charge on any atom is -0.364 e. The fourth-order valence-electron chi connectivity index (χ4n) is 4.34. The zero-order valence-corrected chi connectivity index (χ0v) is 14.6. The Kier molecular flexibility index (Phi) is 3.96. The smallest absolute Gasteiger partial charge is 0.259 e. The summed E-state index contributed by atoms with van der Waals surface area (Å²) in [6.45, 7) is 6.45. The molecule has 2 aliphatic heterocycles. The van der Waals surface area contributed by atoms with E-state index < -0.39 is 0 Å². The highest BCUT2D eigenvalue weighted by Crippen LogP contribution is 2.43. The fourth-order valence-corrected chi connectivity index (χ4v) is 4.34. The molecule has 4 rings (SSSR count). The van der Waals surface area contributed by atoms with Crippen LogP contribution in [0.1, 0.15) is 33.2 Å². The molecule has 0 radical (unpaired) electrons. The van der Waals surface area contributed by atoms with Crippen molar-refractivity contribution in [1.82, 2.24) is 15.2 Å². The molecule has 2 saturated heterocycles. The lowest BCUT2D eigenvalue weighted by molar-refractivity contribution is 0.0712. The number of aromatic amines is 1. The molecule has 2 aromatic rings. The van der Waals surface area contributed by atoms with E-state index in [-0.39, 0.29) is 22.9 Å². The Hall–Kier alpha value is -2.40. The molecule has 2 N–H and O–H groups in total. The normalized spacial score (nSPS) is 25.2. The highest BCUT2D eigenvalue weighted by atomic mass is 16.2. The van der Waals surface area contributed by atoms with Crippen molar-refractivity contribution >= 4 is 5.91 Å². The van der Waals surface area contributed by atoms with Gasteiger partial charge in [-0.25, -0.2) is 0 Å². The van der Waals surface area contributed by atoms with Crippen LogP contribution in [0.5, 0.6) is 0 Å². The Labute approximate surface area is 147 Å². The Morgan fingerprint density at radius 2 is 2.00 bits per heavy atom. The fraction of sp³-hybridized carbons (Fsp3) is 0.400. The maximum absolute atomic E-state index is 13.2. The van der Waals surface area contributed by atoms with Gasteiger partial charge in [0.05, 0.1) is 6.04 Å². The molecule has 5 nitrogen and oxygen atoms in total. The molecule has 0 saturated carbocycles. The molecule has 0 aliphatic carbocycles. The SMILES string of the molecule is Cc1cc(=O)c(C(=O)N2C[C@@H]3CNC[C@@H]3[C@H]2c2ccccc2C)c[nH]1. The van der Waals surface area contributed by atoms with Crippen LogP contribution in [0.3, 0.4) is 0 Å². The maximum Gasteiger partial charge on any atom is 0.259 e. The van der Waals surface area contributed by atoms with Crippen LogP contribution in [0.4, 0.5) is 0 Å². The van der Waals surface area contributed by atoms with Crippen LogP contribution in [-0.4, -0.2) is 35.4 Å². The first-order valence-electron chi connectivity index (χ1n) is 8.83. The van der Waals surface area contributed by atoms with E-state index in [1.165, 1.54) is 17.2 Å². The lowest BCUT2D eigenvalue weighted by Gasteiger charge is -2.29. The summed E-state index contributed by atoms with van der Waals surface area (Å²) in [7, 11) is 0. The van der Waals surface area contributed by atoms with E-state index in [1.807, 2.05) is 24.0 Å². The molecule has 1 aromatic heterocycles. The molecule has 1 amide bonds. The number of hydrogen-bond acceptors (Lipinski definition) is 3. The van der Waals surface area contributed by atoms with Gasteiger partial charge in [-0.2, -0.15) is 0 Å². The van der Waals surface area contributed by atoms with Crippen LogP contribution in [0.15, 0.2) is 41.3 Å². The summed E-state index contributed by atoms with van der Waals surface area (Å²) in [5, 5.41) is 3.46. The van der Waals surface area contributed by atoms with E-state index in [9.17, 15) is 9.59 Å². The number of aryl methyl sites for hydroxylation is 2. The van der Waals surface area contributed by atoms with Gasteiger partial charge in [0.15, 0.2) is 5.43 Å². The number of aromatic nitrogens is 1. The van der Waals surface area contributed by atoms with E-state index in [0.717, 1.165) is 18.8 Å². The van der Waals surface area contributed by atoms with Crippen LogP contribution < -0.4 is 10.7 Å². The zero-order valence-electron chi connectivity index (χ0n) is 14.6. The van der Waals surface area contributed by atoms with Crippen molar-refractivity contribution in [2.75, 3.05) is 19.6 Å². The molecule has 1 aromatic carbocycles. The third-order valence-corrected chi connectivity index (χ3v) is 5.62. The van der Waals surface area contributed by atoms with Crippen LogP contribution in [0, 0.1) is 25.7 Å². The molecule has 3 heterocycles. The number of rotatable bonds is 2. The van der Waals surface area contributed by atoms with Gasteiger partial charge in [0.2, 0.25) is 0 Å². The second kappa shape index (κ2) is 6.15. The zero-order chi connectivity index (χ0) is 17.6. The summed E-state index contributed by atoms with van der Waals surface area (Å²) in [6.07, 6.45) is 1.56. The lowest BCUT2D eigenvalue weighted by atomic mass is 9.87. The minimum atomic E-state index is -0.208. The van der Waals surface area contributed by atoms with Crippen molar-refractivity contribution in [3.05, 3.63) is 69.1 Å². The standard InChI is InChI=1S/C20H23N3O2/c1-12-5-3-4-6-15(12)19-16-9-21-8-14(16)11-23(19)20(25)17-10-22-13(2)7-18(17)24/h3-7,10,14,16,19,21H,8-9,11H2,1-2H3,(H,22,24)/t14-,16-,19+/m0/s1. The quantitative estimate of drug-likeness (QED) is 0.881. The van der Waals surface area contributed by atoms with Crippen LogP contribution in [-0.2, 0) is 0 Å². The number of nitrogens with one attached hydrogen (secondary N) is 2. The first-order valence-corrected chi connectivity index (χ1v) is 8.83. The number of carbonyl (C=O) groups excluding carboxylic acids is 1. The Bertz CT molecular complexity index is 873. The summed E-state index contributed by atoms with van der Waals surface area (Å²) in [6, 6.07) is 9.77. The average molecular weight is 337 g/mol. The van der Waals surface area contributed by atoms with E-state index >= 15 is 0 Å². The Morgan fingerprint density at radius 3 is 2.76 bits per heavy atom. The molecule has 130 valence electrons. The van der Waals surface area contributed by atoms with Gasteiger partial charge in [-0.05, 0) is 30.9 Å². The van der Waals surface area contributed by atoms with Gasteiger partial charge in [0, 0.05) is 43.5 Å². The number of fused-ring (bicyclic) bond motifs is 1. The molecule has 2 aliphatic rings. The highest BCUT2D eigenvalue weighted by molar-refractivity contribution is 5.94. The molecule has 3 atom stereocenters. The maximum atomic E-state index is 13.2. The van der Waals surface area contributed by atoms with Crippen molar-refractivity contribution in [3.8, 4) is 0 Å². The van der Waals surface area contributed by atoms with Gasteiger partial charge in [0.25, 0.3) is 5.91 Å². The van der Waals surface area contributed by atoms with E-state index in [1.54, 1.807) is 6.20 Å². The van der Waals surface area contributed by atoms with Crippen LogP contribution in [0.25, 0.3) is 0 Å². The predicted molar refractivity (Wildman–Crippen MR) is 96.6 cm³/mol.